The molecule has 1 heterocycles. The van der Waals surface area contributed by atoms with Crippen LogP contribution in [0.1, 0.15) is 30.5 Å². The molecule has 1 saturated heterocycles. The highest BCUT2D eigenvalue weighted by atomic mass is 16.5. The Balaban J connectivity index is 2.16. The van der Waals surface area contributed by atoms with Crippen molar-refractivity contribution in [2.75, 3.05) is 34.0 Å². The number of ketones is 1. The van der Waals surface area contributed by atoms with Gasteiger partial charge in [-0.2, -0.15) is 0 Å². The molecule has 1 unspecified atom stereocenters. The molecule has 0 spiro atoms. The van der Waals surface area contributed by atoms with E-state index in [1.54, 1.807) is 36.4 Å². The van der Waals surface area contributed by atoms with Gasteiger partial charge in [0.15, 0.2) is 0 Å². The van der Waals surface area contributed by atoms with E-state index < -0.39 is 17.7 Å². The number of hydrogen-bond donors (Lipinski definition) is 1. The fourth-order valence-electron chi connectivity index (χ4n) is 3.63. The van der Waals surface area contributed by atoms with Crippen LogP contribution in [0.3, 0.4) is 0 Å². The molecule has 3 rings (SSSR count). The summed E-state index contributed by atoms with van der Waals surface area (Å²) in [5, 5.41) is 11.1. The van der Waals surface area contributed by atoms with Gasteiger partial charge < -0.3 is 24.2 Å². The van der Waals surface area contributed by atoms with Crippen LogP contribution in [0.4, 0.5) is 0 Å². The van der Waals surface area contributed by atoms with Crippen molar-refractivity contribution < 1.29 is 28.9 Å². The molecule has 1 atom stereocenters. The fraction of sp³-hybridized carbons (Fsp3) is 0.333. The van der Waals surface area contributed by atoms with Crippen LogP contribution in [0.2, 0.25) is 0 Å². The second-order valence-corrected chi connectivity index (χ2v) is 7.11. The van der Waals surface area contributed by atoms with Crippen molar-refractivity contribution in [3.8, 4) is 11.5 Å². The number of aliphatic hydroxyl groups excluding tert-OH is 1. The standard InChI is InChI=1S/C24H27NO6/c1-4-13-31-17-9-7-8-16(15-17)21-20(23(27)24(28)25(21)12-14-29-2)22(26)18-10-5-6-11-19(18)30-3/h5-11,15,21,26H,4,12-14H2,1-3H3/b22-20-. The van der Waals surface area contributed by atoms with E-state index >= 15 is 0 Å². The van der Waals surface area contributed by atoms with Gasteiger partial charge in [-0.05, 0) is 36.2 Å². The van der Waals surface area contributed by atoms with Crippen LogP contribution in [-0.2, 0) is 14.3 Å². The zero-order valence-corrected chi connectivity index (χ0v) is 18.0. The van der Waals surface area contributed by atoms with E-state index in [2.05, 4.69) is 0 Å². The fourth-order valence-corrected chi connectivity index (χ4v) is 3.63. The summed E-state index contributed by atoms with van der Waals surface area (Å²) in [6, 6.07) is 13.3. The highest BCUT2D eigenvalue weighted by molar-refractivity contribution is 6.46. The van der Waals surface area contributed by atoms with Crippen molar-refractivity contribution in [3.05, 3.63) is 65.2 Å². The predicted octanol–water partition coefficient (Wildman–Crippen LogP) is 3.55. The molecular formula is C24H27NO6. The molecule has 1 aliphatic rings. The number of Topliss-reactive ketones (excluding diaryl/α,β-unsaturated/α-hetero) is 1. The number of aliphatic hydroxyl groups is 1. The summed E-state index contributed by atoms with van der Waals surface area (Å²) < 4.78 is 16.2. The van der Waals surface area contributed by atoms with Gasteiger partial charge in [-0.25, -0.2) is 0 Å². The van der Waals surface area contributed by atoms with Crippen LogP contribution >= 0.6 is 0 Å². The van der Waals surface area contributed by atoms with Crippen molar-refractivity contribution in [2.24, 2.45) is 0 Å². The van der Waals surface area contributed by atoms with E-state index in [1.807, 2.05) is 19.1 Å². The first-order chi connectivity index (χ1) is 15.0. The Morgan fingerprint density at radius 1 is 1.06 bits per heavy atom. The largest absolute Gasteiger partial charge is 0.507 e. The lowest BCUT2D eigenvalue weighted by Crippen LogP contribution is -2.32. The SMILES string of the molecule is CCCOc1cccc(C2/C(=C(/O)c3ccccc3OC)C(=O)C(=O)N2CCOC)c1. The maximum Gasteiger partial charge on any atom is 0.295 e. The van der Waals surface area contributed by atoms with Crippen LogP contribution in [0.15, 0.2) is 54.1 Å². The molecule has 0 bridgehead atoms. The van der Waals surface area contributed by atoms with Gasteiger partial charge >= 0.3 is 0 Å². The highest BCUT2D eigenvalue weighted by Gasteiger charge is 2.46. The van der Waals surface area contributed by atoms with Gasteiger partial charge in [0.05, 0.1) is 37.5 Å². The van der Waals surface area contributed by atoms with Gasteiger partial charge in [-0.15, -0.1) is 0 Å². The summed E-state index contributed by atoms with van der Waals surface area (Å²) in [5.41, 5.74) is 1.02. The van der Waals surface area contributed by atoms with Gasteiger partial charge in [-0.1, -0.05) is 31.2 Å². The van der Waals surface area contributed by atoms with E-state index in [4.69, 9.17) is 14.2 Å². The van der Waals surface area contributed by atoms with Gasteiger partial charge in [0.1, 0.15) is 17.3 Å². The van der Waals surface area contributed by atoms with Crippen molar-refractivity contribution in [1.29, 1.82) is 0 Å². The number of carbonyl (C=O) groups is 2. The maximum atomic E-state index is 13.0. The molecule has 1 fully saturated rings. The smallest absolute Gasteiger partial charge is 0.295 e. The molecule has 1 aliphatic heterocycles. The monoisotopic (exact) mass is 425 g/mol. The number of carbonyl (C=O) groups excluding carboxylic acids is 2. The van der Waals surface area contributed by atoms with Crippen molar-refractivity contribution >= 4 is 17.4 Å². The lowest BCUT2D eigenvalue weighted by molar-refractivity contribution is -0.140. The zero-order valence-electron chi connectivity index (χ0n) is 18.0. The summed E-state index contributed by atoms with van der Waals surface area (Å²) in [7, 11) is 3.01. The third-order valence-electron chi connectivity index (χ3n) is 5.09. The Morgan fingerprint density at radius 3 is 2.55 bits per heavy atom. The molecule has 0 aliphatic carbocycles. The molecular weight excluding hydrogens is 398 g/mol. The number of ether oxygens (including phenoxy) is 3. The first kappa shape index (κ1) is 22.4. The molecule has 0 aromatic heterocycles. The second kappa shape index (κ2) is 10.1. The van der Waals surface area contributed by atoms with E-state index in [0.29, 0.717) is 29.2 Å². The van der Waals surface area contributed by atoms with Gasteiger partial charge in [0, 0.05) is 13.7 Å². The average molecular weight is 425 g/mol. The van der Waals surface area contributed by atoms with E-state index in [1.165, 1.54) is 19.1 Å². The molecule has 1 N–H and O–H groups in total. The highest BCUT2D eigenvalue weighted by Crippen LogP contribution is 2.41. The van der Waals surface area contributed by atoms with Crippen LogP contribution in [0.5, 0.6) is 11.5 Å². The molecule has 164 valence electrons. The molecule has 7 nitrogen and oxygen atoms in total. The third-order valence-corrected chi connectivity index (χ3v) is 5.09. The third kappa shape index (κ3) is 4.56. The number of para-hydroxylation sites is 1. The van der Waals surface area contributed by atoms with Crippen LogP contribution in [0, 0.1) is 0 Å². The number of benzene rings is 2. The first-order valence-electron chi connectivity index (χ1n) is 10.2. The first-order valence-corrected chi connectivity index (χ1v) is 10.2. The van der Waals surface area contributed by atoms with E-state index in [-0.39, 0.29) is 24.5 Å². The summed E-state index contributed by atoms with van der Waals surface area (Å²) in [6.45, 7) is 3.02. The van der Waals surface area contributed by atoms with Gasteiger partial charge in [0.2, 0.25) is 0 Å². The lowest BCUT2D eigenvalue weighted by atomic mass is 9.95. The number of methoxy groups -OCH3 is 2. The van der Waals surface area contributed by atoms with Crippen molar-refractivity contribution in [1.82, 2.24) is 4.90 Å². The Kier molecular flexibility index (Phi) is 7.31. The summed E-state index contributed by atoms with van der Waals surface area (Å²) in [6.07, 6.45) is 0.852. The normalized spacial score (nSPS) is 17.8. The van der Waals surface area contributed by atoms with Crippen molar-refractivity contribution in [2.45, 2.75) is 19.4 Å². The zero-order chi connectivity index (χ0) is 22.4. The lowest BCUT2D eigenvalue weighted by Gasteiger charge is -2.25. The Morgan fingerprint density at radius 2 is 1.84 bits per heavy atom. The number of likely N-dealkylation sites (tertiary alicyclic amines) is 1. The molecule has 0 radical (unpaired) electrons. The molecule has 2 aromatic rings. The minimum Gasteiger partial charge on any atom is -0.507 e. The predicted molar refractivity (Wildman–Crippen MR) is 116 cm³/mol. The van der Waals surface area contributed by atoms with E-state index in [9.17, 15) is 14.7 Å². The van der Waals surface area contributed by atoms with Gasteiger partial charge in [0.25, 0.3) is 11.7 Å². The Bertz CT molecular complexity index is 984. The molecule has 31 heavy (non-hydrogen) atoms. The maximum absolute atomic E-state index is 13.0. The number of nitrogens with zero attached hydrogens (tertiary/aromatic N) is 1. The topological polar surface area (TPSA) is 85.3 Å². The minimum atomic E-state index is -0.773. The molecule has 1 amide bonds. The second-order valence-electron chi connectivity index (χ2n) is 7.11. The Labute approximate surface area is 181 Å². The summed E-state index contributed by atoms with van der Waals surface area (Å²) >= 11 is 0. The number of amides is 1. The van der Waals surface area contributed by atoms with Crippen LogP contribution in [0.25, 0.3) is 5.76 Å². The molecule has 7 heteroatoms. The van der Waals surface area contributed by atoms with Crippen LogP contribution in [-0.4, -0.2) is 55.7 Å². The minimum absolute atomic E-state index is 0.0123. The molecule has 0 saturated carbocycles. The Hall–Kier alpha value is -3.32. The van der Waals surface area contributed by atoms with Crippen molar-refractivity contribution in [3.63, 3.8) is 0 Å². The summed E-state index contributed by atoms with van der Waals surface area (Å²) in [5.74, 6) is -0.667. The molecule has 2 aromatic carbocycles. The van der Waals surface area contributed by atoms with Gasteiger partial charge in [-0.3, -0.25) is 9.59 Å². The van der Waals surface area contributed by atoms with Crippen LogP contribution < -0.4 is 9.47 Å². The summed E-state index contributed by atoms with van der Waals surface area (Å²) in [4.78, 5) is 27.3. The average Bonchev–Trinajstić information content (AvgIpc) is 3.05. The quantitative estimate of drug-likeness (QED) is 0.376. The van der Waals surface area contributed by atoms with E-state index in [0.717, 1.165) is 6.42 Å². The number of rotatable bonds is 9. The number of hydrogen-bond acceptors (Lipinski definition) is 6.